The monoisotopic (exact) mass is 873 g/mol. The molecule has 0 aromatic rings. The minimum Gasteiger partial charge on any atom is -0.457 e. The average molecular weight is 873 g/mol. The Hall–Kier alpha value is -0.460. The SMILES string of the molecule is CCCCCCCCCCCCCCCCCCCCCCCCCCCCCCCCCCC(=O)O[C@H](COCCCCCCCCCCCCCC)COP(=O)(O)O. The molecule has 0 saturated carbocycles. The molecule has 0 spiro atoms. The normalized spacial score (nSPS) is 12.4. The van der Waals surface area contributed by atoms with E-state index < -0.39 is 13.9 Å². The smallest absolute Gasteiger partial charge is 0.457 e. The fourth-order valence-corrected chi connectivity index (χ4v) is 8.81. The van der Waals surface area contributed by atoms with E-state index in [-0.39, 0.29) is 19.2 Å². The molecule has 0 aromatic carbocycles. The lowest BCUT2D eigenvalue weighted by molar-refractivity contribution is -0.154. The van der Waals surface area contributed by atoms with Gasteiger partial charge in [-0.3, -0.25) is 9.32 Å². The van der Waals surface area contributed by atoms with Crippen LogP contribution < -0.4 is 0 Å². The second kappa shape index (κ2) is 49.6. The van der Waals surface area contributed by atoms with Crippen LogP contribution in [-0.4, -0.2) is 41.7 Å². The summed E-state index contributed by atoms with van der Waals surface area (Å²) < 4.78 is 27.1. The van der Waals surface area contributed by atoms with Crippen LogP contribution >= 0.6 is 7.82 Å². The Morgan fingerprint density at radius 2 is 0.633 bits per heavy atom. The third-order valence-corrected chi connectivity index (χ3v) is 12.9. The van der Waals surface area contributed by atoms with Gasteiger partial charge >= 0.3 is 13.8 Å². The molecule has 0 bridgehead atoms. The molecule has 1 atom stereocenters. The van der Waals surface area contributed by atoms with Gasteiger partial charge in [-0.1, -0.05) is 284 Å². The first-order valence-electron chi connectivity index (χ1n) is 26.9. The van der Waals surface area contributed by atoms with Gasteiger partial charge in [0.2, 0.25) is 0 Å². The van der Waals surface area contributed by atoms with E-state index in [2.05, 4.69) is 18.4 Å². The van der Waals surface area contributed by atoms with Crippen molar-refractivity contribution in [2.24, 2.45) is 0 Å². The standard InChI is InChI=1S/C52H105O7P/c1-3-5-7-9-11-13-15-17-18-19-20-21-22-23-24-25-26-27-28-29-30-31-32-33-34-35-36-37-39-41-43-45-47-52(53)59-51(50-58-60(54,55)56)49-57-48-46-44-42-40-38-16-14-12-10-8-6-4-2/h51H,3-50H2,1-2H3,(H2,54,55,56)/t51-/m1/s1. The Kier molecular flexibility index (Phi) is 49.2. The number of phosphoric ester groups is 1. The zero-order valence-electron chi connectivity index (χ0n) is 40.4. The third kappa shape index (κ3) is 51.9. The molecule has 360 valence electrons. The minimum absolute atomic E-state index is 0.0867. The van der Waals surface area contributed by atoms with Crippen LogP contribution in [0.2, 0.25) is 0 Å². The number of carbonyl (C=O) groups excluding carboxylic acids is 1. The highest BCUT2D eigenvalue weighted by Gasteiger charge is 2.21. The molecule has 60 heavy (non-hydrogen) atoms. The van der Waals surface area contributed by atoms with Crippen molar-refractivity contribution in [3.63, 3.8) is 0 Å². The van der Waals surface area contributed by atoms with Crippen LogP contribution in [0, 0.1) is 0 Å². The highest BCUT2D eigenvalue weighted by Crippen LogP contribution is 2.36. The summed E-state index contributed by atoms with van der Waals surface area (Å²) in [4.78, 5) is 30.7. The molecule has 0 aliphatic rings. The number of hydrogen-bond acceptors (Lipinski definition) is 5. The van der Waals surface area contributed by atoms with E-state index >= 15 is 0 Å². The Labute approximate surface area is 374 Å². The Bertz CT molecular complexity index is 880. The maximum Gasteiger partial charge on any atom is 0.469 e. The summed E-state index contributed by atoms with van der Waals surface area (Å²) in [6.45, 7) is 4.82. The number of ether oxygens (including phenoxy) is 2. The zero-order valence-corrected chi connectivity index (χ0v) is 41.3. The van der Waals surface area contributed by atoms with Gasteiger partial charge in [-0.25, -0.2) is 4.57 Å². The van der Waals surface area contributed by atoms with Gasteiger partial charge in [0.25, 0.3) is 0 Å². The van der Waals surface area contributed by atoms with E-state index in [9.17, 15) is 9.36 Å². The van der Waals surface area contributed by atoms with Crippen LogP contribution in [-0.2, 0) is 23.4 Å². The molecule has 0 heterocycles. The molecule has 0 aliphatic heterocycles. The molecule has 0 aliphatic carbocycles. The molecule has 2 N–H and O–H groups in total. The van der Waals surface area contributed by atoms with Gasteiger partial charge in [-0.15, -0.1) is 0 Å². The summed E-state index contributed by atoms with van der Waals surface area (Å²) in [6, 6.07) is 0. The highest BCUT2D eigenvalue weighted by molar-refractivity contribution is 7.46. The summed E-state index contributed by atoms with van der Waals surface area (Å²) in [6.07, 6.45) is 58.7. The number of unbranched alkanes of at least 4 members (excludes halogenated alkanes) is 42. The van der Waals surface area contributed by atoms with E-state index in [0.717, 1.165) is 32.1 Å². The quantitative estimate of drug-likeness (QED) is 0.0356. The van der Waals surface area contributed by atoms with Crippen molar-refractivity contribution in [3.05, 3.63) is 0 Å². The van der Waals surface area contributed by atoms with E-state index in [1.54, 1.807) is 0 Å². The number of phosphoric acid groups is 1. The highest BCUT2D eigenvalue weighted by atomic mass is 31.2. The molecule has 0 rings (SSSR count). The van der Waals surface area contributed by atoms with Gasteiger partial charge in [0.1, 0.15) is 6.10 Å². The first kappa shape index (κ1) is 59.5. The van der Waals surface area contributed by atoms with Gasteiger partial charge in [0.15, 0.2) is 0 Å². The van der Waals surface area contributed by atoms with Crippen LogP contribution in [0.3, 0.4) is 0 Å². The molecule has 0 radical (unpaired) electrons. The van der Waals surface area contributed by atoms with Gasteiger partial charge in [-0.05, 0) is 12.8 Å². The maximum atomic E-state index is 12.5. The fourth-order valence-electron chi connectivity index (χ4n) is 8.45. The van der Waals surface area contributed by atoms with Gasteiger partial charge < -0.3 is 19.3 Å². The molecule has 0 fully saturated rings. The van der Waals surface area contributed by atoms with Crippen molar-refractivity contribution < 1.29 is 33.1 Å². The average Bonchev–Trinajstić information content (AvgIpc) is 3.23. The number of esters is 1. The van der Waals surface area contributed by atoms with E-state index in [0.29, 0.717) is 13.0 Å². The van der Waals surface area contributed by atoms with E-state index in [1.807, 2.05) is 0 Å². The van der Waals surface area contributed by atoms with Gasteiger partial charge in [-0.2, -0.15) is 0 Å². The summed E-state index contributed by atoms with van der Waals surface area (Å²) in [5, 5.41) is 0. The summed E-state index contributed by atoms with van der Waals surface area (Å²) in [7, 11) is -4.65. The first-order chi connectivity index (χ1) is 29.4. The summed E-state index contributed by atoms with van der Waals surface area (Å²) >= 11 is 0. The summed E-state index contributed by atoms with van der Waals surface area (Å²) in [5.41, 5.74) is 0. The van der Waals surface area contributed by atoms with Crippen molar-refractivity contribution in [3.8, 4) is 0 Å². The molecule has 0 unspecified atom stereocenters. The number of carbonyl (C=O) groups is 1. The maximum absolute atomic E-state index is 12.5. The van der Waals surface area contributed by atoms with Crippen LogP contribution in [0.1, 0.15) is 303 Å². The first-order valence-corrected chi connectivity index (χ1v) is 28.4. The number of hydrogen-bond donors (Lipinski definition) is 2. The van der Waals surface area contributed by atoms with Gasteiger partial charge in [0, 0.05) is 13.0 Å². The predicted molar refractivity (Wildman–Crippen MR) is 258 cm³/mol. The molecule has 0 aromatic heterocycles. The van der Waals surface area contributed by atoms with Crippen LogP contribution in [0.25, 0.3) is 0 Å². The Balaban J connectivity index is 3.53. The van der Waals surface area contributed by atoms with Crippen LogP contribution in [0.4, 0.5) is 0 Å². The lowest BCUT2D eigenvalue weighted by Crippen LogP contribution is -2.28. The van der Waals surface area contributed by atoms with Crippen LogP contribution in [0.15, 0.2) is 0 Å². The zero-order chi connectivity index (χ0) is 43.7. The van der Waals surface area contributed by atoms with Gasteiger partial charge in [0.05, 0.1) is 13.2 Å². The van der Waals surface area contributed by atoms with Crippen molar-refractivity contribution in [2.45, 2.75) is 309 Å². The molecule has 8 heteroatoms. The minimum atomic E-state index is -4.65. The Morgan fingerprint density at radius 1 is 0.383 bits per heavy atom. The predicted octanol–water partition coefficient (Wildman–Crippen LogP) is 17.6. The van der Waals surface area contributed by atoms with Crippen LogP contribution in [0.5, 0.6) is 0 Å². The van der Waals surface area contributed by atoms with Crippen molar-refractivity contribution in [1.82, 2.24) is 0 Å². The topological polar surface area (TPSA) is 102 Å². The van der Waals surface area contributed by atoms with Crippen molar-refractivity contribution >= 4 is 13.8 Å². The lowest BCUT2D eigenvalue weighted by Gasteiger charge is -2.18. The molecular weight excluding hydrogens is 768 g/mol. The summed E-state index contributed by atoms with van der Waals surface area (Å²) in [5.74, 6) is -0.353. The van der Waals surface area contributed by atoms with Crippen molar-refractivity contribution in [1.29, 1.82) is 0 Å². The molecule has 7 nitrogen and oxygen atoms in total. The lowest BCUT2D eigenvalue weighted by atomic mass is 10.0. The molecule has 0 amide bonds. The van der Waals surface area contributed by atoms with E-state index in [1.165, 1.54) is 250 Å². The fraction of sp³-hybridized carbons (Fsp3) is 0.981. The number of rotatable bonds is 52. The molecular formula is C52H105O7P. The Morgan fingerprint density at radius 3 is 0.900 bits per heavy atom. The second-order valence-corrected chi connectivity index (χ2v) is 19.8. The largest absolute Gasteiger partial charge is 0.469 e. The van der Waals surface area contributed by atoms with E-state index in [4.69, 9.17) is 19.3 Å². The third-order valence-electron chi connectivity index (χ3n) is 12.4. The second-order valence-electron chi connectivity index (χ2n) is 18.6. The van der Waals surface area contributed by atoms with Crippen molar-refractivity contribution in [2.75, 3.05) is 19.8 Å². The molecule has 0 saturated heterocycles.